The second-order valence-corrected chi connectivity index (χ2v) is 3.85. The number of nitrogens with one attached hydrogen (secondary N) is 1. The van der Waals surface area contributed by atoms with Crippen LogP contribution in [0.25, 0.3) is 0 Å². The first-order valence-corrected chi connectivity index (χ1v) is 4.89. The van der Waals surface area contributed by atoms with Crippen LogP contribution in [0, 0.1) is 0 Å². The van der Waals surface area contributed by atoms with Gasteiger partial charge in [0.15, 0.2) is 0 Å². The zero-order chi connectivity index (χ0) is 11.8. The van der Waals surface area contributed by atoms with E-state index in [-0.39, 0.29) is 12.0 Å². The maximum Gasteiger partial charge on any atom is 0.416 e. The van der Waals surface area contributed by atoms with Gasteiger partial charge in [-0.15, -0.1) is 0 Å². The second-order valence-electron chi connectivity index (χ2n) is 3.85. The Morgan fingerprint density at radius 1 is 1.25 bits per heavy atom. The van der Waals surface area contributed by atoms with Gasteiger partial charge >= 0.3 is 6.18 Å². The van der Waals surface area contributed by atoms with Gasteiger partial charge in [0.05, 0.1) is 5.56 Å². The molecule has 16 heavy (non-hydrogen) atoms. The SMILES string of the molecule is O=CNC1CC1c1ccc(C(F)(F)F)cc1. The van der Waals surface area contributed by atoms with Crippen molar-refractivity contribution in [1.29, 1.82) is 0 Å². The van der Waals surface area contributed by atoms with Gasteiger partial charge in [0.25, 0.3) is 0 Å². The number of halogens is 3. The lowest BCUT2D eigenvalue weighted by molar-refractivity contribution is -0.137. The number of hydrogen-bond acceptors (Lipinski definition) is 1. The molecule has 1 aliphatic rings. The summed E-state index contributed by atoms with van der Waals surface area (Å²) >= 11 is 0. The van der Waals surface area contributed by atoms with Gasteiger partial charge in [-0.25, -0.2) is 0 Å². The van der Waals surface area contributed by atoms with E-state index in [4.69, 9.17) is 0 Å². The molecule has 0 heterocycles. The van der Waals surface area contributed by atoms with Crippen LogP contribution in [0.15, 0.2) is 24.3 Å². The van der Waals surface area contributed by atoms with Crippen LogP contribution < -0.4 is 5.32 Å². The molecule has 1 aliphatic carbocycles. The third-order valence-electron chi connectivity index (χ3n) is 2.74. The molecule has 0 saturated heterocycles. The van der Waals surface area contributed by atoms with Crippen LogP contribution in [-0.4, -0.2) is 12.5 Å². The first-order chi connectivity index (χ1) is 7.52. The molecule has 1 saturated carbocycles. The van der Waals surface area contributed by atoms with Crippen molar-refractivity contribution in [3.8, 4) is 0 Å². The molecule has 2 atom stereocenters. The van der Waals surface area contributed by atoms with E-state index in [1.54, 1.807) is 0 Å². The third kappa shape index (κ3) is 2.18. The molecular formula is C11H10F3NO. The molecule has 0 spiro atoms. The highest BCUT2D eigenvalue weighted by Gasteiger charge is 2.38. The molecule has 0 radical (unpaired) electrons. The van der Waals surface area contributed by atoms with Crippen molar-refractivity contribution >= 4 is 6.41 Å². The predicted molar refractivity (Wildman–Crippen MR) is 51.8 cm³/mol. The summed E-state index contributed by atoms with van der Waals surface area (Å²) in [7, 11) is 0. The molecule has 2 unspecified atom stereocenters. The maximum atomic E-state index is 12.3. The fraction of sp³-hybridized carbons (Fsp3) is 0.364. The van der Waals surface area contributed by atoms with Crippen LogP contribution in [0.4, 0.5) is 13.2 Å². The number of carbonyl (C=O) groups excluding carboxylic acids is 1. The lowest BCUT2D eigenvalue weighted by Crippen LogP contribution is -2.14. The van der Waals surface area contributed by atoms with E-state index in [9.17, 15) is 18.0 Å². The summed E-state index contributed by atoms with van der Waals surface area (Å²) < 4.78 is 36.8. The fourth-order valence-corrected chi connectivity index (χ4v) is 1.75. The predicted octanol–water partition coefficient (Wildman–Crippen LogP) is 2.31. The van der Waals surface area contributed by atoms with Crippen molar-refractivity contribution in [2.24, 2.45) is 0 Å². The molecule has 0 aromatic heterocycles. The van der Waals surface area contributed by atoms with Crippen molar-refractivity contribution in [3.63, 3.8) is 0 Å². The van der Waals surface area contributed by atoms with Gasteiger partial charge < -0.3 is 5.32 Å². The number of alkyl halides is 3. The molecule has 2 nitrogen and oxygen atoms in total. The van der Waals surface area contributed by atoms with Crippen molar-refractivity contribution in [1.82, 2.24) is 5.32 Å². The minimum Gasteiger partial charge on any atom is -0.355 e. The van der Waals surface area contributed by atoms with Crippen molar-refractivity contribution in [3.05, 3.63) is 35.4 Å². The fourth-order valence-electron chi connectivity index (χ4n) is 1.75. The quantitative estimate of drug-likeness (QED) is 0.792. The standard InChI is InChI=1S/C11H10F3NO/c12-11(13,14)8-3-1-7(2-4-8)9-5-10(9)15-6-16/h1-4,6,9-10H,5H2,(H,15,16). The van der Waals surface area contributed by atoms with Crippen LogP contribution in [0.5, 0.6) is 0 Å². The third-order valence-corrected chi connectivity index (χ3v) is 2.74. The number of hydrogen-bond donors (Lipinski definition) is 1. The molecule has 1 fully saturated rings. The van der Waals surface area contributed by atoms with E-state index < -0.39 is 11.7 Å². The molecule has 86 valence electrons. The van der Waals surface area contributed by atoms with E-state index in [0.29, 0.717) is 6.41 Å². The van der Waals surface area contributed by atoms with Gasteiger partial charge in [0.2, 0.25) is 6.41 Å². The molecule has 0 aliphatic heterocycles. The summed E-state index contributed by atoms with van der Waals surface area (Å²) in [6, 6.07) is 5.17. The highest BCUT2D eigenvalue weighted by atomic mass is 19.4. The van der Waals surface area contributed by atoms with Gasteiger partial charge in [-0.2, -0.15) is 13.2 Å². The number of benzene rings is 1. The smallest absolute Gasteiger partial charge is 0.355 e. The highest BCUT2D eigenvalue weighted by Crippen LogP contribution is 2.41. The topological polar surface area (TPSA) is 29.1 Å². The van der Waals surface area contributed by atoms with Gasteiger partial charge in [-0.3, -0.25) is 4.79 Å². The Morgan fingerprint density at radius 3 is 2.38 bits per heavy atom. The molecule has 1 N–H and O–H groups in total. The Balaban J connectivity index is 2.07. The monoisotopic (exact) mass is 229 g/mol. The van der Waals surface area contributed by atoms with Crippen LogP contribution >= 0.6 is 0 Å². The van der Waals surface area contributed by atoms with Gasteiger partial charge in [0.1, 0.15) is 0 Å². The average molecular weight is 229 g/mol. The summed E-state index contributed by atoms with van der Waals surface area (Å²) in [5, 5.41) is 2.61. The van der Waals surface area contributed by atoms with Gasteiger partial charge in [-0.1, -0.05) is 12.1 Å². The lowest BCUT2D eigenvalue weighted by atomic mass is 10.1. The van der Waals surface area contributed by atoms with Crippen molar-refractivity contribution in [2.75, 3.05) is 0 Å². The number of rotatable bonds is 3. The number of amides is 1. The minimum atomic E-state index is -4.29. The molecular weight excluding hydrogens is 219 g/mol. The van der Waals surface area contributed by atoms with Crippen molar-refractivity contribution < 1.29 is 18.0 Å². The zero-order valence-electron chi connectivity index (χ0n) is 8.29. The average Bonchev–Trinajstić information content (AvgIpc) is 2.97. The Labute approximate surface area is 90.5 Å². The lowest BCUT2D eigenvalue weighted by Gasteiger charge is -2.07. The first-order valence-electron chi connectivity index (χ1n) is 4.89. The van der Waals surface area contributed by atoms with Crippen LogP contribution in [0.3, 0.4) is 0 Å². The molecule has 1 aromatic carbocycles. The van der Waals surface area contributed by atoms with Gasteiger partial charge in [0, 0.05) is 12.0 Å². The molecule has 5 heteroatoms. The Morgan fingerprint density at radius 2 is 1.88 bits per heavy atom. The summed E-state index contributed by atoms with van der Waals surface area (Å²) in [5.41, 5.74) is 0.198. The zero-order valence-corrected chi connectivity index (χ0v) is 8.29. The summed E-state index contributed by atoms with van der Waals surface area (Å²) in [6.07, 6.45) is -2.87. The largest absolute Gasteiger partial charge is 0.416 e. The minimum absolute atomic E-state index is 0.0780. The van der Waals surface area contributed by atoms with Crippen LogP contribution in [0.2, 0.25) is 0 Å². The Bertz CT molecular complexity index is 385. The van der Waals surface area contributed by atoms with Crippen LogP contribution in [-0.2, 0) is 11.0 Å². The first kappa shape index (κ1) is 11.0. The summed E-state index contributed by atoms with van der Waals surface area (Å²) in [6.45, 7) is 0. The molecule has 1 amide bonds. The van der Waals surface area contributed by atoms with E-state index in [1.165, 1.54) is 12.1 Å². The normalized spacial score (nSPS) is 23.9. The van der Waals surface area contributed by atoms with Gasteiger partial charge in [-0.05, 0) is 24.1 Å². The molecule has 0 bridgehead atoms. The Hall–Kier alpha value is -1.52. The van der Waals surface area contributed by atoms with Crippen LogP contribution in [0.1, 0.15) is 23.5 Å². The van der Waals surface area contributed by atoms with E-state index in [2.05, 4.69) is 5.32 Å². The Kier molecular flexibility index (Phi) is 2.61. The molecule has 2 rings (SSSR count). The molecule has 1 aromatic rings. The van der Waals surface area contributed by atoms with Crippen molar-refractivity contribution in [2.45, 2.75) is 24.6 Å². The summed E-state index contributed by atoms with van der Waals surface area (Å²) in [4.78, 5) is 10.2. The second kappa shape index (κ2) is 3.81. The van der Waals surface area contributed by atoms with E-state index >= 15 is 0 Å². The maximum absolute atomic E-state index is 12.3. The number of carbonyl (C=O) groups is 1. The highest BCUT2D eigenvalue weighted by molar-refractivity contribution is 5.49. The van der Waals surface area contributed by atoms with E-state index in [0.717, 1.165) is 24.1 Å². The van der Waals surface area contributed by atoms with E-state index in [1.807, 2.05) is 0 Å². The summed E-state index contributed by atoms with van der Waals surface area (Å²) in [5.74, 6) is 0.160.